The van der Waals surface area contributed by atoms with Gasteiger partial charge in [-0.3, -0.25) is 0 Å². The molecule has 1 rings (SSSR count). The second kappa shape index (κ2) is 5.15. The molecule has 0 saturated carbocycles. The molecule has 2 nitrogen and oxygen atoms in total. The van der Waals surface area contributed by atoms with E-state index in [-0.39, 0.29) is 4.83 Å². The Hall–Kier alpha value is -0.830. The van der Waals surface area contributed by atoms with E-state index in [0.717, 1.165) is 18.4 Å². The Kier molecular flexibility index (Phi) is 4.14. The number of rotatable bonds is 4. The van der Waals surface area contributed by atoms with E-state index in [4.69, 9.17) is 5.11 Å². The zero-order valence-electron chi connectivity index (χ0n) is 8.03. The van der Waals surface area contributed by atoms with Crippen molar-refractivity contribution < 1.29 is 9.90 Å². The third-order valence-electron chi connectivity index (χ3n) is 2.07. The number of aromatic carboxylic acids is 1. The van der Waals surface area contributed by atoms with Gasteiger partial charge in [0.25, 0.3) is 0 Å². The summed E-state index contributed by atoms with van der Waals surface area (Å²) in [5, 5.41) is 8.96. The van der Waals surface area contributed by atoms with E-state index in [9.17, 15) is 4.79 Å². The van der Waals surface area contributed by atoms with Crippen molar-refractivity contribution in [2.45, 2.75) is 24.6 Å². The molecule has 76 valence electrons. The van der Waals surface area contributed by atoms with Crippen LogP contribution in [0.3, 0.4) is 0 Å². The molecular formula is C11H13BrO2. The molecule has 1 unspecified atom stereocenters. The van der Waals surface area contributed by atoms with Crippen LogP contribution in [0.4, 0.5) is 0 Å². The van der Waals surface area contributed by atoms with Crippen molar-refractivity contribution in [1.29, 1.82) is 0 Å². The Morgan fingerprint density at radius 1 is 1.50 bits per heavy atom. The Bertz CT molecular complexity index is 323. The zero-order chi connectivity index (χ0) is 10.6. The molecule has 1 atom stereocenters. The van der Waals surface area contributed by atoms with Gasteiger partial charge in [-0.1, -0.05) is 47.5 Å². The van der Waals surface area contributed by atoms with Gasteiger partial charge in [-0.15, -0.1) is 0 Å². The Morgan fingerprint density at radius 3 is 2.71 bits per heavy atom. The molecule has 0 radical (unpaired) electrons. The summed E-state index contributed by atoms with van der Waals surface area (Å²) in [6.07, 6.45) is 1.98. The standard InChI is InChI=1S/C11H13BrO2/c1-2-5-10(12)8-6-3-4-7-9(8)11(13)14/h3-4,6-7,10H,2,5H2,1H3,(H,13,14). The molecule has 1 aromatic rings. The van der Waals surface area contributed by atoms with Crippen molar-refractivity contribution in [2.24, 2.45) is 0 Å². The molecule has 1 N–H and O–H groups in total. The van der Waals surface area contributed by atoms with Gasteiger partial charge >= 0.3 is 5.97 Å². The minimum absolute atomic E-state index is 0.139. The summed E-state index contributed by atoms with van der Waals surface area (Å²) in [6, 6.07) is 7.12. The third-order valence-corrected chi connectivity index (χ3v) is 3.02. The fourth-order valence-electron chi connectivity index (χ4n) is 1.37. The summed E-state index contributed by atoms with van der Waals surface area (Å²) in [5.41, 5.74) is 1.25. The van der Waals surface area contributed by atoms with Crippen LogP contribution >= 0.6 is 15.9 Å². The van der Waals surface area contributed by atoms with Crippen LogP contribution in [0.25, 0.3) is 0 Å². The Labute approximate surface area is 92.1 Å². The first kappa shape index (κ1) is 11.2. The highest BCUT2D eigenvalue weighted by molar-refractivity contribution is 9.09. The van der Waals surface area contributed by atoms with Crippen molar-refractivity contribution in [2.75, 3.05) is 0 Å². The first-order valence-corrected chi connectivity index (χ1v) is 5.54. The van der Waals surface area contributed by atoms with E-state index in [2.05, 4.69) is 22.9 Å². The van der Waals surface area contributed by atoms with Crippen molar-refractivity contribution in [3.05, 3.63) is 35.4 Å². The maximum Gasteiger partial charge on any atom is 0.336 e. The van der Waals surface area contributed by atoms with E-state index in [1.54, 1.807) is 12.1 Å². The number of carboxylic acids is 1. The van der Waals surface area contributed by atoms with Crippen LogP contribution in [0.2, 0.25) is 0 Å². The summed E-state index contributed by atoms with van der Waals surface area (Å²) in [6.45, 7) is 2.08. The number of carbonyl (C=O) groups is 1. The van der Waals surface area contributed by atoms with Crippen molar-refractivity contribution >= 4 is 21.9 Å². The van der Waals surface area contributed by atoms with Crippen molar-refractivity contribution in [3.63, 3.8) is 0 Å². The van der Waals surface area contributed by atoms with E-state index in [1.165, 1.54) is 0 Å². The minimum atomic E-state index is -0.860. The molecule has 14 heavy (non-hydrogen) atoms. The van der Waals surface area contributed by atoms with Crippen LogP contribution < -0.4 is 0 Å². The first-order chi connectivity index (χ1) is 6.66. The maximum absolute atomic E-state index is 10.9. The van der Waals surface area contributed by atoms with Crippen LogP contribution in [-0.2, 0) is 0 Å². The van der Waals surface area contributed by atoms with E-state index in [0.29, 0.717) is 5.56 Å². The average Bonchev–Trinajstić information content (AvgIpc) is 2.18. The van der Waals surface area contributed by atoms with Crippen molar-refractivity contribution in [1.82, 2.24) is 0 Å². The van der Waals surface area contributed by atoms with Gasteiger partial charge in [0.05, 0.1) is 5.56 Å². The summed E-state index contributed by atoms with van der Waals surface area (Å²) >= 11 is 3.50. The highest BCUT2D eigenvalue weighted by atomic mass is 79.9. The lowest BCUT2D eigenvalue weighted by Gasteiger charge is -2.11. The van der Waals surface area contributed by atoms with Gasteiger partial charge in [-0.2, -0.15) is 0 Å². The molecule has 1 aromatic carbocycles. The predicted octanol–water partition coefficient (Wildman–Crippen LogP) is 3.62. The summed E-state index contributed by atoms with van der Waals surface area (Å²) in [4.78, 5) is 11.0. The molecule has 0 heterocycles. The van der Waals surface area contributed by atoms with Gasteiger partial charge in [-0.05, 0) is 18.1 Å². The zero-order valence-corrected chi connectivity index (χ0v) is 9.62. The first-order valence-electron chi connectivity index (χ1n) is 4.63. The fourth-order valence-corrected chi connectivity index (χ4v) is 2.23. The van der Waals surface area contributed by atoms with Gasteiger partial charge in [-0.25, -0.2) is 4.79 Å². The predicted molar refractivity (Wildman–Crippen MR) is 60.0 cm³/mol. The average molecular weight is 257 g/mol. The third kappa shape index (κ3) is 2.58. The molecule has 3 heteroatoms. The molecule has 0 spiro atoms. The number of hydrogen-bond donors (Lipinski definition) is 1. The highest BCUT2D eigenvalue weighted by Crippen LogP contribution is 2.30. The molecule has 0 aromatic heterocycles. The highest BCUT2D eigenvalue weighted by Gasteiger charge is 2.14. The van der Waals surface area contributed by atoms with E-state index >= 15 is 0 Å². The van der Waals surface area contributed by atoms with Gasteiger partial charge < -0.3 is 5.11 Å². The van der Waals surface area contributed by atoms with E-state index in [1.807, 2.05) is 12.1 Å². The Balaban J connectivity index is 3.00. The van der Waals surface area contributed by atoms with Gasteiger partial charge in [0.2, 0.25) is 0 Å². The fraction of sp³-hybridized carbons (Fsp3) is 0.364. The van der Waals surface area contributed by atoms with E-state index < -0.39 is 5.97 Å². The van der Waals surface area contributed by atoms with Gasteiger partial charge in [0, 0.05) is 4.83 Å². The lowest BCUT2D eigenvalue weighted by Crippen LogP contribution is -2.03. The van der Waals surface area contributed by atoms with Crippen LogP contribution in [0.1, 0.15) is 40.5 Å². The van der Waals surface area contributed by atoms with Crippen LogP contribution in [-0.4, -0.2) is 11.1 Å². The summed E-state index contributed by atoms with van der Waals surface area (Å²) < 4.78 is 0. The quantitative estimate of drug-likeness (QED) is 0.836. The number of carboxylic acid groups (broad SMARTS) is 1. The number of benzene rings is 1. The second-order valence-corrected chi connectivity index (χ2v) is 4.25. The lowest BCUT2D eigenvalue weighted by molar-refractivity contribution is 0.0695. The molecule has 0 saturated heterocycles. The number of alkyl halides is 1. The molecular weight excluding hydrogens is 244 g/mol. The number of halogens is 1. The second-order valence-electron chi connectivity index (χ2n) is 3.15. The molecule has 0 aliphatic rings. The number of hydrogen-bond acceptors (Lipinski definition) is 1. The minimum Gasteiger partial charge on any atom is -0.478 e. The molecule has 0 aliphatic carbocycles. The topological polar surface area (TPSA) is 37.3 Å². The monoisotopic (exact) mass is 256 g/mol. The molecule has 0 aliphatic heterocycles. The summed E-state index contributed by atoms with van der Waals surface area (Å²) in [7, 11) is 0. The van der Waals surface area contributed by atoms with Crippen LogP contribution in [0.5, 0.6) is 0 Å². The van der Waals surface area contributed by atoms with Crippen molar-refractivity contribution in [3.8, 4) is 0 Å². The Morgan fingerprint density at radius 2 is 2.14 bits per heavy atom. The smallest absolute Gasteiger partial charge is 0.336 e. The maximum atomic E-state index is 10.9. The van der Waals surface area contributed by atoms with Crippen LogP contribution in [0.15, 0.2) is 24.3 Å². The summed E-state index contributed by atoms with van der Waals surface area (Å²) in [5.74, 6) is -0.860. The normalized spacial score (nSPS) is 12.4. The SMILES string of the molecule is CCCC(Br)c1ccccc1C(=O)O. The lowest BCUT2D eigenvalue weighted by atomic mass is 10.0. The van der Waals surface area contributed by atoms with Crippen LogP contribution in [0, 0.1) is 0 Å². The molecule has 0 fully saturated rings. The molecule has 0 bridgehead atoms. The van der Waals surface area contributed by atoms with Gasteiger partial charge in [0.1, 0.15) is 0 Å². The largest absolute Gasteiger partial charge is 0.478 e. The van der Waals surface area contributed by atoms with Gasteiger partial charge in [0.15, 0.2) is 0 Å². The molecule has 0 amide bonds.